The van der Waals surface area contributed by atoms with Crippen molar-refractivity contribution in [3.8, 4) is 0 Å². The fourth-order valence-corrected chi connectivity index (χ4v) is 2.70. The van der Waals surface area contributed by atoms with E-state index in [9.17, 15) is 4.79 Å². The summed E-state index contributed by atoms with van der Waals surface area (Å²) in [4.78, 5) is 16.9. The lowest BCUT2D eigenvalue weighted by Gasteiger charge is -2.26. The highest BCUT2D eigenvalue weighted by Gasteiger charge is 2.26. The Labute approximate surface area is 116 Å². The summed E-state index contributed by atoms with van der Waals surface area (Å²) >= 11 is 0. The van der Waals surface area contributed by atoms with Crippen molar-refractivity contribution in [3.63, 3.8) is 0 Å². The van der Waals surface area contributed by atoms with Gasteiger partial charge in [-0.2, -0.15) is 0 Å². The van der Waals surface area contributed by atoms with Gasteiger partial charge in [0.05, 0.1) is 6.04 Å². The molecule has 1 saturated heterocycles. The first-order valence-corrected chi connectivity index (χ1v) is 7.12. The molecule has 1 aromatic rings. The molecule has 2 rings (SSSR count). The molecule has 1 heterocycles. The van der Waals surface area contributed by atoms with Crippen LogP contribution in [0.5, 0.6) is 0 Å². The van der Waals surface area contributed by atoms with Gasteiger partial charge in [-0.3, -0.25) is 9.69 Å². The number of hydrogen-bond acceptors (Lipinski definition) is 3. The minimum atomic E-state index is 0.0659. The first-order chi connectivity index (χ1) is 9.16. The van der Waals surface area contributed by atoms with E-state index in [2.05, 4.69) is 36.0 Å². The molecule has 1 fully saturated rings. The Balaban J connectivity index is 1.91. The maximum absolute atomic E-state index is 12.4. The molecule has 1 aromatic carbocycles. The number of carbonyl (C=O) groups is 1. The Hall–Kier alpha value is -1.19. The van der Waals surface area contributed by atoms with Crippen LogP contribution in [0.15, 0.2) is 30.3 Å². The number of nitrogens with zero attached hydrogens (tertiary/aromatic N) is 2. The molecule has 0 aromatic heterocycles. The van der Waals surface area contributed by atoms with Crippen LogP contribution in [-0.4, -0.2) is 55.4 Å². The Morgan fingerprint density at radius 3 is 2.68 bits per heavy atom. The highest BCUT2D eigenvalue weighted by molar-refractivity contribution is 5.84. The van der Waals surface area contributed by atoms with Crippen LogP contribution in [0.4, 0.5) is 0 Å². The molecular formula is C16H24N2O. The summed E-state index contributed by atoms with van der Waals surface area (Å²) in [7, 11) is 4.18. The molecule has 3 nitrogen and oxygen atoms in total. The van der Waals surface area contributed by atoms with Crippen molar-refractivity contribution >= 4 is 5.78 Å². The molecule has 0 bridgehead atoms. The maximum Gasteiger partial charge on any atom is 0.151 e. The van der Waals surface area contributed by atoms with Crippen molar-refractivity contribution in [3.05, 3.63) is 35.9 Å². The van der Waals surface area contributed by atoms with E-state index in [0.29, 0.717) is 12.2 Å². The average molecular weight is 260 g/mol. The molecule has 0 N–H and O–H groups in total. The fraction of sp³-hybridized carbons (Fsp3) is 0.562. The van der Waals surface area contributed by atoms with Crippen LogP contribution < -0.4 is 0 Å². The predicted molar refractivity (Wildman–Crippen MR) is 78.3 cm³/mol. The minimum Gasteiger partial charge on any atom is -0.304 e. The number of Topliss-reactive ketones (excluding diaryl/α,β-unsaturated/α-hetero) is 1. The van der Waals surface area contributed by atoms with Crippen LogP contribution in [0.1, 0.15) is 18.4 Å². The van der Waals surface area contributed by atoms with Crippen LogP contribution >= 0.6 is 0 Å². The van der Waals surface area contributed by atoms with Gasteiger partial charge in [0.1, 0.15) is 0 Å². The van der Waals surface area contributed by atoms with Crippen LogP contribution in [0.2, 0.25) is 0 Å². The Bertz CT molecular complexity index is 404. The van der Waals surface area contributed by atoms with Crippen molar-refractivity contribution in [2.75, 3.05) is 33.7 Å². The van der Waals surface area contributed by atoms with Crippen LogP contribution in [0.3, 0.4) is 0 Å². The van der Waals surface area contributed by atoms with Gasteiger partial charge in [0.25, 0.3) is 0 Å². The fourth-order valence-electron chi connectivity index (χ4n) is 2.70. The van der Waals surface area contributed by atoms with Crippen molar-refractivity contribution in [1.82, 2.24) is 9.80 Å². The van der Waals surface area contributed by atoms with Crippen LogP contribution in [-0.2, 0) is 11.2 Å². The summed E-state index contributed by atoms with van der Waals surface area (Å²) < 4.78 is 0. The van der Waals surface area contributed by atoms with E-state index in [-0.39, 0.29) is 6.04 Å². The monoisotopic (exact) mass is 260 g/mol. The van der Waals surface area contributed by atoms with Gasteiger partial charge >= 0.3 is 0 Å². The maximum atomic E-state index is 12.4. The third-order valence-corrected chi connectivity index (χ3v) is 3.94. The SMILES string of the molecule is CN1CCCN(C)C(C(=O)CCc2ccccc2)C1. The largest absolute Gasteiger partial charge is 0.304 e. The number of benzene rings is 1. The zero-order chi connectivity index (χ0) is 13.7. The van der Waals surface area contributed by atoms with Crippen molar-refractivity contribution in [2.24, 2.45) is 0 Å². The lowest BCUT2D eigenvalue weighted by molar-refractivity contribution is -0.124. The van der Waals surface area contributed by atoms with Gasteiger partial charge in [-0.15, -0.1) is 0 Å². The summed E-state index contributed by atoms with van der Waals surface area (Å²) in [5, 5.41) is 0. The smallest absolute Gasteiger partial charge is 0.151 e. The summed E-state index contributed by atoms with van der Waals surface area (Å²) in [6, 6.07) is 10.3. The second kappa shape index (κ2) is 6.83. The molecule has 0 aliphatic carbocycles. The van der Waals surface area contributed by atoms with Gasteiger partial charge in [-0.1, -0.05) is 30.3 Å². The zero-order valence-electron chi connectivity index (χ0n) is 12.0. The number of ketones is 1. The van der Waals surface area contributed by atoms with Crippen molar-refractivity contribution < 1.29 is 4.79 Å². The van der Waals surface area contributed by atoms with Gasteiger partial charge in [0.2, 0.25) is 0 Å². The summed E-state index contributed by atoms with van der Waals surface area (Å²) in [6.07, 6.45) is 2.65. The van der Waals surface area contributed by atoms with Crippen LogP contribution in [0.25, 0.3) is 0 Å². The number of rotatable bonds is 4. The highest BCUT2D eigenvalue weighted by atomic mass is 16.1. The molecule has 3 heteroatoms. The molecule has 1 aliphatic rings. The lowest BCUT2D eigenvalue weighted by Crippen LogP contribution is -2.43. The number of carbonyl (C=O) groups excluding carboxylic acids is 1. The highest BCUT2D eigenvalue weighted by Crippen LogP contribution is 2.11. The molecular weight excluding hydrogens is 236 g/mol. The van der Waals surface area contributed by atoms with Gasteiger partial charge < -0.3 is 4.90 Å². The average Bonchev–Trinajstić information content (AvgIpc) is 2.59. The Morgan fingerprint density at radius 2 is 1.95 bits per heavy atom. The summed E-state index contributed by atoms with van der Waals surface area (Å²) in [5.74, 6) is 0.375. The molecule has 0 spiro atoms. The van der Waals surface area contributed by atoms with Gasteiger partial charge in [-0.25, -0.2) is 0 Å². The molecule has 1 aliphatic heterocycles. The van der Waals surface area contributed by atoms with Crippen LogP contribution in [0, 0.1) is 0 Å². The summed E-state index contributed by atoms with van der Waals surface area (Å²) in [5.41, 5.74) is 1.25. The second-order valence-electron chi connectivity index (χ2n) is 5.56. The third-order valence-electron chi connectivity index (χ3n) is 3.94. The first-order valence-electron chi connectivity index (χ1n) is 7.12. The van der Waals surface area contributed by atoms with E-state index in [1.54, 1.807) is 0 Å². The lowest BCUT2D eigenvalue weighted by atomic mass is 10.0. The van der Waals surface area contributed by atoms with E-state index in [0.717, 1.165) is 32.5 Å². The Morgan fingerprint density at radius 1 is 1.21 bits per heavy atom. The third kappa shape index (κ3) is 4.15. The van der Waals surface area contributed by atoms with Crippen molar-refractivity contribution in [2.45, 2.75) is 25.3 Å². The second-order valence-corrected chi connectivity index (χ2v) is 5.56. The summed E-state index contributed by atoms with van der Waals surface area (Å²) in [6.45, 7) is 2.98. The van der Waals surface area contributed by atoms with E-state index in [4.69, 9.17) is 0 Å². The van der Waals surface area contributed by atoms with E-state index >= 15 is 0 Å². The van der Waals surface area contributed by atoms with E-state index in [1.807, 2.05) is 18.2 Å². The Kier molecular flexibility index (Phi) is 5.11. The first kappa shape index (κ1) is 14.2. The van der Waals surface area contributed by atoms with Gasteiger partial charge in [0.15, 0.2) is 5.78 Å². The van der Waals surface area contributed by atoms with Gasteiger partial charge in [-0.05, 0) is 45.6 Å². The van der Waals surface area contributed by atoms with Gasteiger partial charge in [0, 0.05) is 13.0 Å². The molecule has 0 saturated carbocycles. The molecule has 19 heavy (non-hydrogen) atoms. The normalized spacial score (nSPS) is 22.1. The molecule has 1 atom stereocenters. The minimum absolute atomic E-state index is 0.0659. The number of aryl methyl sites for hydroxylation is 1. The van der Waals surface area contributed by atoms with E-state index in [1.165, 1.54) is 5.56 Å². The standard InChI is InChI=1S/C16H24N2O/c1-17-11-6-12-18(2)15(13-17)16(19)10-9-14-7-4-3-5-8-14/h3-5,7-8,15H,6,9-13H2,1-2H3. The van der Waals surface area contributed by atoms with Crippen molar-refractivity contribution in [1.29, 1.82) is 0 Å². The molecule has 104 valence electrons. The molecule has 1 unspecified atom stereocenters. The molecule has 0 radical (unpaired) electrons. The quantitative estimate of drug-likeness (QED) is 0.825. The number of hydrogen-bond donors (Lipinski definition) is 0. The van der Waals surface area contributed by atoms with E-state index < -0.39 is 0 Å². The molecule has 0 amide bonds. The number of likely N-dealkylation sites (N-methyl/N-ethyl adjacent to an activating group) is 2. The topological polar surface area (TPSA) is 23.6 Å². The zero-order valence-corrected chi connectivity index (χ0v) is 12.0. The predicted octanol–water partition coefficient (Wildman–Crippen LogP) is 1.82.